The van der Waals surface area contributed by atoms with Gasteiger partial charge in [-0.25, -0.2) is 0 Å². The van der Waals surface area contributed by atoms with E-state index >= 15 is 0 Å². The molecule has 2 aromatic carbocycles. The molecule has 7 nitrogen and oxygen atoms in total. The molecule has 3 heterocycles. The van der Waals surface area contributed by atoms with Crippen molar-refractivity contribution in [2.24, 2.45) is 7.05 Å². The minimum atomic E-state index is -0.633. The minimum Gasteiger partial charge on any atom is -0.464 e. The molecule has 1 saturated heterocycles. The topological polar surface area (TPSA) is 63.5 Å². The first-order valence-corrected chi connectivity index (χ1v) is 11.7. The lowest BCUT2D eigenvalue weighted by Gasteiger charge is -2.37. The van der Waals surface area contributed by atoms with Gasteiger partial charge < -0.3 is 14.5 Å². The fraction of sp³-hybridized carbons (Fsp3) is 0.296. The van der Waals surface area contributed by atoms with E-state index in [4.69, 9.17) is 9.72 Å². The Morgan fingerprint density at radius 2 is 1.62 bits per heavy atom. The Balaban J connectivity index is 1.34. The molecule has 2 aromatic heterocycles. The standard InChI is InChI=1S/C27H29N5O2/c1-19-25-23(21-10-6-4-7-11-21)18-24(28-26(25)30(3)29-19)34-20(2)27(33)32-16-14-31(15-17-32)22-12-8-5-9-13-22/h4-13,18,20H,14-17H2,1-3H3/t20-/m0/s1. The molecular formula is C27H29N5O2. The Labute approximate surface area is 199 Å². The normalized spacial score (nSPS) is 14.9. The van der Waals surface area contributed by atoms with Gasteiger partial charge in [0.25, 0.3) is 5.91 Å². The third-order valence-corrected chi connectivity index (χ3v) is 6.39. The lowest BCUT2D eigenvalue weighted by molar-refractivity contribution is -0.138. The van der Waals surface area contributed by atoms with E-state index in [-0.39, 0.29) is 5.91 Å². The number of piperazine rings is 1. The van der Waals surface area contributed by atoms with Gasteiger partial charge in [0.15, 0.2) is 11.8 Å². The summed E-state index contributed by atoms with van der Waals surface area (Å²) in [5, 5.41) is 5.55. The molecule has 5 rings (SSSR count). The summed E-state index contributed by atoms with van der Waals surface area (Å²) in [5.74, 6) is 0.412. The molecule has 0 bridgehead atoms. The highest BCUT2D eigenvalue weighted by molar-refractivity contribution is 5.95. The number of amides is 1. The van der Waals surface area contributed by atoms with Gasteiger partial charge in [0, 0.05) is 45.0 Å². The van der Waals surface area contributed by atoms with Crippen LogP contribution in [0.1, 0.15) is 12.6 Å². The Hall–Kier alpha value is -3.87. The van der Waals surface area contributed by atoms with Crippen LogP contribution in [0.2, 0.25) is 0 Å². The number of nitrogens with zero attached hydrogens (tertiary/aromatic N) is 5. The molecule has 1 atom stereocenters. The number of carbonyl (C=O) groups excluding carboxylic acids is 1. The first kappa shape index (κ1) is 21.9. The predicted molar refractivity (Wildman–Crippen MR) is 134 cm³/mol. The smallest absolute Gasteiger partial charge is 0.263 e. The summed E-state index contributed by atoms with van der Waals surface area (Å²) in [5.41, 5.74) is 4.91. The van der Waals surface area contributed by atoms with E-state index < -0.39 is 6.10 Å². The van der Waals surface area contributed by atoms with Gasteiger partial charge >= 0.3 is 0 Å². The number of hydrogen-bond donors (Lipinski definition) is 0. The van der Waals surface area contributed by atoms with Crippen molar-refractivity contribution in [3.63, 3.8) is 0 Å². The molecule has 0 unspecified atom stereocenters. The van der Waals surface area contributed by atoms with Gasteiger partial charge in [-0.2, -0.15) is 10.1 Å². The lowest BCUT2D eigenvalue weighted by atomic mass is 10.0. The second-order valence-electron chi connectivity index (χ2n) is 8.69. The summed E-state index contributed by atoms with van der Waals surface area (Å²) in [6.07, 6.45) is -0.633. The second kappa shape index (κ2) is 9.17. The molecule has 1 amide bonds. The molecule has 0 spiro atoms. The van der Waals surface area contributed by atoms with E-state index in [1.165, 1.54) is 5.69 Å². The van der Waals surface area contributed by atoms with E-state index in [9.17, 15) is 4.79 Å². The van der Waals surface area contributed by atoms with Gasteiger partial charge in [0.2, 0.25) is 5.88 Å². The van der Waals surface area contributed by atoms with Gasteiger partial charge in [-0.05, 0) is 37.1 Å². The van der Waals surface area contributed by atoms with E-state index in [0.29, 0.717) is 19.0 Å². The Morgan fingerprint density at radius 3 is 2.29 bits per heavy atom. The molecule has 1 aliphatic heterocycles. The van der Waals surface area contributed by atoms with Gasteiger partial charge in [0.05, 0.1) is 11.1 Å². The number of para-hydroxylation sites is 1. The maximum atomic E-state index is 13.2. The number of aromatic nitrogens is 3. The predicted octanol–water partition coefficient (Wildman–Crippen LogP) is 4.06. The maximum Gasteiger partial charge on any atom is 0.263 e. The number of ether oxygens (including phenoxy) is 1. The highest BCUT2D eigenvalue weighted by atomic mass is 16.5. The molecule has 0 saturated carbocycles. The van der Waals surface area contributed by atoms with Crippen molar-refractivity contribution < 1.29 is 9.53 Å². The van der Waals surface area contributed by atoms with Crippen molar-refractivity contribution in [2.75, 3.05) is 31.1 Å². The van der Waals surface area contributed by atoms with Crippen LogP contribution >= 0.6 is 0 Å². The fourth-order valence-corrected chi connectivity index (χ4v) is 4.64. The first-order chi connectivity index (χ1) is 16.5. The van der Waals surface area contributed by atoms with Crippen LogP contribution in [0.25, 0.3) is 22.2 Å². The average Bonchev–Trinajstić information content (AvgIpc) is 3.17. The van der Waals surface area contributed by atoms with E-state index in [2.05, 4.69) is 34.3 Å². The highest BCUT2D eigenvalue weighted by Crippen LogP contribution is 2.33. The van der Waals surface area contributed by atoms with Crippen LogP contribution in [-0.4, -0.2) is 57.9 Å². The first-order valence-electron chi connectivity index (χ1n) is 11.7. The summed E-state index contributed by atoms with van der Waals surface area (Å²) < 4.78 is 7.88. The van der Waals surface area contributed by atoms with Crippen LogP contribution in [0.15, 0.2) is 66.7 Å². The number of carbonyl (C=O) groups is 1. The van der Waals surface area contributed by atoms with Crippen LogP contribution in [0.5, 0.6) is 5.88 Å². The molecule has 174 valence electrons. The van der Waals surface area contributed by atoms with Crippen molar-refractivity contribution in [3.05, 3.63) is 72.4 Å². The molecule has 7 heteroatoms. The Kier molecular flexibility index (Phi) is 5.92. The zero-order chi connectivity index (χ0) is 23.7. The van der Waals surface area contributed by atoms with Gasteiger partial charge in [-0.1, -0.05) is 48.5 Å². The Morgan fingerprint density at radius 1 is 0.971 bits per heavy atom. The molecular weight excluding hydrogens is 426 g/mol. The summed E-state index contributed by atoms with van der Waals surface area (Å²) in [6.45, 7) is 6.74. The SMILES string of the molecule is Cc1nn(C)c2nc(O[C@@H](C)C(=O)N3CCN(c4ccccc4)CC3)cc(-c3ccccc3)c12. The zero-order valence-corrected chi connectivity index (χ0v) is 19.8. The van der Waals surface area contributed by atoms with Crippen LogP contribution in [-0.2, 0) is 11.8 Å². The van der Waals surface area contributed by atoms with Crippen molar-refractivity contribution >= 4 is 22.6 Å². The molecule has 4 aromatic rings. The molecule has 1 fully saturated rings. The fourth-order valence-electron chi connectivity index (χ4n) is 4.64. The van der Waals surface area contributed by atoms with Crippen LogP contribution < -0.4 is 9.64 Å². The zero-order valence-electron chi connectivity index (χ0n) is 19.8. The summed E-state index contributed by atoms with van der Waals surface area (Å²) in [6, 6.07) is 22.4. The van der Waals surface area contributed by atoms with Gasteiger partial charge in [0.1, 0.15) is 0 Å². The third kappa shape index (κ3) is 4.21. The summed E-state index contributed by atoms with van der Waals surface area (Å²) in [4.78, 5) is 22.1. The minimum absolute atomic E-state index is 0.0166. The maximum absolute atomic E-state index is 13.2. The number of hydrogen-bond acceptors (Lipinski definition) is 5. The number of aryl methyl sites for hydroxylation is 2. The molecule has 1 aliphatic rings. The van der Waals surface area contributed by atoms with E-state index in [1.54, 1.807) is 11.6 Å². The Bertz CT molecular complexity index is 1300. The summed E-state index contributed by atoms with van der Waals surface area (Å²) >= 11 is 0. The lowest BCUT2D eigenvalue weighted by Crippen LogP contribution is -2.52. The number of anilines is 1. The van der Waals surface area contributed by atoms with E-state index in [1.807, 2.05) is 61.3 Å². The quantitative estimate of drug-likeness (QED) is 0.454. The monoisotopic (exact) mass is 455 g/mol. The average molecular weight is 456 g/mol. The van der Waals surface area contributed by atoms with Crippen LogP contribution in [0.3, 0.4) is 0 Å². The second-order valence-corrected chi connectivity index (χ2v) is 8.69. The molecule has 0 aliphatic carbocycles. The number of pyridine rings is 1. The van der Waals surface area contributed by atoms with Crippen molar-refractivity contribution in [3.8, 4) is 17.0 Å². The van der Waals surface area contributed by atoms with Crippen molar-refractivity contribution in [2.45, 2.75) is 20.0 Å². The molecule has 34 heavy (non-hydrogen) atoms. The molecule has 0 N–H and O–H groups in total. The van der Waals surface area contributed by atoms with Crippen LogP contribution in [0.4, 0.5) is 5.69 Å². The van der Waals surface area contributed by atoms with Crippen molar-refractivity contribution in [1.82, 2.24) is 19.7 Å². The van der Waals surface area contributed by atoms with Crippen LogP contribution in [0, 0.1) is 6.92 Å². The number of benzene rings is 2. The van der Waals surface area contributed by atoms with Crippen molar-refractivity contribution in [1.29, 1.82) is 0 Å². The number of rotatable bonds is 5. The van der Waals surface area contributed by atoms with E-state index in [0.717, 1.165) is 40.9 Å². The summed E-state index contributed by atoms with van der Waals surface area (Å²) in [7, 11) is 1.88. The van der Waals surface area contributed by atoms with Gasteiger partial charge in [-0.15, -0.1) is 0 Å². The van der Waals surface area contributed by atoms with Gasteiger partial charge in [-0.3, -0.25) is 9.48 Å². The molecule has 0 radical (unpaired) electrons. The third-order valence-electron chi connectivity index (χ3n) is 6.39. The highest BCUT2D eigenvalue weighted by Gasteiger charge is 2.27. The number of fused-ring (bicyclic) bond motifs is 1. The largest absolute Gasteiger partial charge is 0.464 e.